The van der Waals surface area contributed by atoms with E-state index in [-0.39, 0.29) is 27.9 Å². The highest BCUT2D eigenvalue weighted by molar-refractivity contribution is 6.50. The summed E-state index contributed by atoms with van der Waals surface area (Å²) in [6, 6.07) is 4.63. The summed E-state index contributed by atoms with van der Waals surface area (Å²) in [5, 5.41) is 3.34. The van der Waals surface area contributed by atoms with E-state index >= 15 is 0 Å². The van der Waals surface area contributed by atoms with E-state index in [2.05, 4.69) is 10.2 Å². The van der Waals surface area contributed by atoms with Crippen molar-refractivity contribution in [3.05, 3.63) is 45.1 Å². The van der Waals surface area contributed by atoms with Crippen LogP contribution in [0.5, 0.6) is 0 Å². The number of carbonyl (C=O) groups is 2. The second kappa shape index (κ2) is 7.01. The zero-order valence-corrected chi connectivity index (χ0v) is 13.9. The molecule has 1 aliphatic carbocycles. The molecule has 0 aromatic heterocycles. The van der Waals surface area contributed by atoms with Gasteiger partial charge in [0.15, 0.2) is 0 Å². The molecule has 1 fully saturated rings. The van der Waals surface area contributed by atoms with Crippen LogP contribution in [0.15, 0.2) is 28.9 Å². The lowest BCUT2D eigenvalue weighted by Gasteiger charge is -2.27. The van der Waals surface area contributed by atoms with E-state index < -0.39 is 0 Å². The number of halogens is 2. The Bertz CT molecular complexity index is 682. The van der Waals surface area contributed by atoms with Gasteiger partial charge in [-0.05, 0) is 18.2 Å². The van der Waals surface area contributed by atoms with Crippen molar-refractivity contribution < 1.29 is 14.3 Å². The summed E-state index contributed by atoms with van der Waals surface area (Å²) in [5.74, 6) is -0.652. The molecule has 2 aliphatic rings. The molecule has 1 heterocycles. The predicted molar refractivity (Wildman–Crippen MR) is 88.3 cm³/mol. The molecule has 0 atom stereocenters. The third-order valence-electron chi connectivity index (χ3n) is 3.95. The Labute approximate surface area is 144 Å². The van der Waals surface area contributed by atoms with Gasteiger partial charge in [-0.3, -0.25) is 14.5 Å². The van der Waals surface area contributed by atoms with Crippen molar-refractivity contribution in [3.63, 3.8) is 0 Å². The van der Waals surface area contributed by atoms with Crippen LogP contribution in [0.4, 0.5) is 0 Å². The van der Waals surface area contributed by atoms with Gasteiger partial charge in [0.1, 0.15) is 10.7 Å². The highest BCUT2D eigenvalue weighted by Gasteiger charge is 2.31. The molecule has 1 aromatic carbocycles. The Balaban J connectivity index is 1.71. The predicted octanol–water partition coefficient (Wildman–Crippen LogP) is 2.09. The minimum absolute atomic E-state index is 0.0771. The fourth-order valence-electron chi connectivity index (χ4n) is 2.69. The van der Waals surface area contributed by atoms with Crippen LogP contribution in [0.2, 0.25) is 5.02 Å². The summed E-state index contributed by atoms with van der Waals surface area (Å²) in [4.78, 5) is 27.1. The zero-order chi connectivity index (χ0) is 16.4. The number of hydrogen-bond donors (Lipinski definition) is 1. The Kier molecular flexibility index (Phi) is 5.02. The van der Waals surface area contributed by atoms with E-state index in [9.17, 15) is 9.59 Å². The first-order valence-electron chi connectivity index (χ1n) is 7.40. The lowest BCUT2D eigenvalue weighted by molar-refractivity contribution is 0.0386. The molecule has 0 bridgehead atoms. The van der Waals surface area contributed by atoms with Gasteiger partial charge in [0, 0.05) is 42.3 Å². The molecule has 0 unspecified atom stereocenters. The number of hydrogen-bond acceptors (Lipinski definition) is 5. The minimum atomic E-state index is -0.377. The fourth-order valence-corrected chi connectivity index (χ4v) is 3.12. The van der Waals surface area contributed by atoms with Crippen LogP contribution < -0.4 is 5.32 Å². The molecule has 0 saturated carbocycles. The monoisotopic (exact) mass is 354 g/mol. The third-order valence-corrected chi connectivity index (χ3v) is 4.55. The zero-order valence-electron chi connectivity index (χ0n) is 12.4. The number of allylic oxidation sites excluding steroid dienone is 2. The number of Topliss-reactive ketones (excluding diaryl/α,β-unsaturated/α-hetero) is 2. The smallest absolute Gasteiger partial charge is 0.211 e. The SMILES string of the molecule is O=C1C(Cl)=C(NCCN2CCOCC2)C(=O)c2ccc(Cl)cc21. The molecule has 1 saturated heterocycles. The van der Waals surface area contributed by atoms with Crippen molar-refractivity contribution in [2.24, 2.45) is 0 Å². The molecule has 0 spiro atoms. The van der Waals surface area contributed by atoms with Gasteiger partial charge in [-0.1, -0.05) is 23.2 Å². The summed E-state index contributed by atoms with van der Waals surface area (Å²) in [5.41, 5.74) is 0.753. The number of nitrogens with zero attached hydrogens (tertiary/aromatic N) is 1. The lowest BCUT2D eigenvalue weighted by Crippen LogP contribution is -2.41. The molecule has 1 aliphatic heterocycles. The van der Waals surface area contributed by atoms with E-state index in [0.717, 1.165) is 32.8 Å². The number of rotatable bonds is 4. The maximum absolute atomic E-state index is 12.5. The van der Waals surface area contributed by atoms with Crippen LogP contribution in [0.3, 0.4) is 0 Å². The van der Waals surface area contributed by atoms with Gasteiger partial charge < -0.3 is 10.1 Å². The molecule has 1 N–H and O–H groups in total. The summed E-state index contributed by atoms with van der Waals surface area (Å²) in [7, 11) is 0. The average molecular weight is 355 g/mol. The summed E-state index contributed by atoms with van der Waals surface area (Å²) >= 11 is 12.0. The number of ether oxygens (including phenoxy) is 1. The van der Waals surface area contributed by atoms with Crippen molar-refractivity contribution >= 4 is 34.8 Å². The molecule has 0 amide bonds. The third kappa shape index (κ3) is 3.43. The molecule has 5 nitrogen and oxygen atoms in total. The largest absolute Gasteiger partial charge is 0.379 e. The summed E-state index contributed by atoms with van der Waals surface area (Å²) in [6.45, 7) is 4.45. The van der Waals surface area contributed by atoms with Crippen LogP contribution in [0.1, 0.15) is 20.7 Å². The van der Waals surface area contributed by atoms with Crippen molar-refractivity contribution in [1.29, 1.82) is 0 Å². The van der Waals surface area contributed by atoms with Crippen LogP contribution >= 0.6 is 23.2 Å². The van der Waals surface area contributed by atoms with E-state index in [1.54, 1.807) is 12.1 Å². The Morgan fingerprint density at radius 3 is 2.57 bits per heavy atom. The minimum Gasteiger partial charge on any atom is -0.379 e. The average Bonchev–Trinajstić information content (AvgIpc) is 2.57. The number of morpholine rings is 1. The number of carbonyl (C=O) groups excluding carboxylic acids is 2. The van der Waals surface area contributed by atoms with Gasteiger partial charge in [0.25, 0.3) is 0 Å². The van der Waals surface area contributed by atoms with E-state index in [0.29, 0.717) is 17.1 Å². The normalized spacial score (nSPS) is 19.0. The van der Waals surface area contributed by atoms with Gasteiger partial charge in [0.2, 0.25) is 11.6 Å². The maximum atomic E-state index is 12.5. The fraction of sp³-hybridized carbons (Fsp3) is 0.375. The highest BCUT2D eigenvalue weighted by Crippen LogP contribution is 2.29. The Morgan fingerprint density at radius 1 is 1.09 bits per heavy atom. The molecule has 3 rings (SSSR count). The van der Waals surface area contributed by atoms with Crippen molar-refractivity contribution in [2.75, 3.05) is 39.4 Å². The first-order chi connectivity index (χ1) is 11.1. The van der Waals surface area contributed by atoms with E-state index in [1.807, 2.05) is 0 Å². The van der Waals surface area contributed by atoms with Crippen LogP contribution in [-0.2, 0) is 4.74 Å². The van der Waals surface area contributed by atoms with Crippen molar-refractivity contribution in [2.45, 2.75) is 0 Å². The van der Waals surface area contributed by atoms with Crippen molar-refractivity contribution in [1.82, 2.24) is 10.2 Å². The molecular weight excluding hydrogens is 339 g/mol. The summed E-state index contributed by atoms with van der Waals surface area (Å²) < 4.78 is 5.29. The van der Waals surface area contributed by atoms with Gasteiger partial charge in [-0.15, -0.1) is 0 Å². The standard InChI is InChI=1S/C16H16Cl2N2O3/c17-10-1-2-11-12(9-10)15(21)13(18)14(16(11)22)19-3-4-20-5-7-23-8-6-20/h1-2,9,19H,3-8H2. The summed E-state index contributed by atoms with van der Waals surface area (Å²) in [6.07, 6.45) is 0. The van der Waals surface area contributed by atoms with Crippen LogP contribution in [0, 0.1) is 0 Å². The van der Waals surface area contributed by atoms with E-state index in [1.165, 1.54) is 6.07 Å². The number of nitrogens with one attached hydrogen (secondary N) is 1. The number of fused-ring (bicyclic) bond motifs is 1. The molecular formula is C16H16Cl2N2O3. The van der Waals surface area contributed by atoms with Crippen LogP contribution in [-0.4, -0.2) is 55.9 Å². The maximum Gasteiger partial charge on any atom is 0.211 e. The number of benzene rings is 1. The van der Waals surface area contributed by atoms with E-state index in [4.69, 9.17) is 27.9 Å². The first kappa shape index (κ1) is 16.5. The first-order valence-corrected chi connectivity index (χ1v) is 8.16. The van der Waals surface area contributed by atoms with Gasteiger partial charge >= 0.3 is 0 Å². The Hall–Kier alpha value is -1.40. The quantitative estimate of drug-likeness (QED) is 0.896. The van der Waals surface area contributed by atoms with Gasteiger partial charge in [-0.2, -0.15) is 0 Å². The van der Waals surface area contributed by atoms with Gasteiger partial charge in [0.05, 0.1) is 13.2 Å². The molecule has 23 heavy (non-hydrogen) atoms. The second-order valence-corrected chi connectivity index (χ2v) is 6.23. The number of ketones is 2. The molecule has 7 heteroatoms. The highest BCUT2D eigenvalue weighted by atomic mass is 35.5. The lowest BCUT2D eigenvalue weighted by atomic mass is 9.92. The molecule has 0 radical (unpaired) electrons. The van der Waals surface area contributed by atoms with Crippen molar-refractivity contribution in [3.8, 4) is 0 Å². The second-order valence-electron chi connectivity index (χ2n) is 5.42. The Morgan fingerprint density at radius 2 is 1.83 bits per heavy atom. The molecule has 1 aromatic rings. The molecule has 122 valence electrons. The van der Waals surface area contributed by atoms with Gasteiger partial charge in [-0.25, -0.2) is 0 Å². The topological polar surface area (TPSA) is 58.6 Å². The van der Waals surface area contributed by atoms with Crippen LogP contribution in [0.25, 0.3) is 0 Å².